The summed E-state index contributed by atoms with van der Waals surface area (Å²) < 4.78 is 11.5. The molecular formula is C19H31N3O2. The van der Waals surface area contributed by atoms with Crippen LogP contribution in [0.4, 0.5) is 0 Å². The second-order valence-corrected chi connectivity index (χ2v) is 7.16. The lowest BCUT2D eigenvalue weighted by molar-refractivity contribution is -0.0149. The van der Waals surface area contributed by atoms with E-state index in [1.54, 1.807) is 7.05 Å². The van der Waals surface area contributed by atoms with Gasteiger partial charge in [-0.05, 0) is 44.7 Å². The number of nitrogens with one attached hydrogen (secondary N) is 2. The molecule has 0 amide bonds. The van der Waals surface area contributed by atoms with Gasteiger partial charge < -0.3 is 20.1 Å². The summed E-state index contributed by atoms with van der Waals surface area (Å²) in [6.07, 6.45) is 2.59. The summed E-state index contributed by atoms with van der Waals surface area (Å²) in [7, 11) is 1.79. The Morgan fingerprint density at radius 3 is 2.75 bits per heavy atom. The van der Waals surface area contributed by atoms with Crippen LogP contribution in [0.3, 0.4) is 0 Å². The highest BCUT2D eigenvalue weighted by Crippen LogP contribution is 2.13. The summed E-state index contributed by atoms with van der Waals surface area (Å²) in [5.41, 5.74) is 2.28. The molecule has 2 N–H and O–H groups in total. The van der Waals surface area contributed by atoms with Crippen molar-refractivity contribution in [2.24, 2.45) is 4.99 Å². The molecule has 5 nitrogen and oxygen atoms in total. The number of benzene rings is 1. The molecule has 1 aromatic rings. The lowest BCUT2D eigenvalue weighted by Crippen LogP contribution is -2.40. The average molecular weight is 333 g/mol. The Labute approximate surface area is 145 Å². The third-order valence-corrected chi connectivity index (χ3v) is 3.87. The van der Waals surface area contributed by atoms with Crippen LogP contribution in [0.2, 0.25) is 0 Å². The summed E-state index contributed by atoms with van der Waals surface area (Å²) in [6.45, 7) is 9.26. The number of aliphatic imine (C=N–C) groups is 1. The molecule has 1 heterocycles. The second kappa shape index (κ2) is 9.04. The van der Waals surface area contributed by atoms with Gasteiger partial charge in [0.15, 0.2) is 5.96 Å². The first-order valence-electron chi connectivity index (χ1n) is 8.74. The molecule has 2 rings (SSSR count). The van der Waals surface area contributed by atoms with E-state index in [4.69, 9.17) is 9.47 Å². The van der Waals surface area contributed by atoms with Gasteiger partial charge in [0.05, 0.1) is 18.3 Å². The molecule has 1 saturated heterocycles. The van der Waals surface area contributed by atoms with Crippen LogP contribution in [0.25, 0.3) is 0 Å². The molecule has 5 heteroatoms. The molecule has 0 saturated carbocycles. The largest absolute Gasteiger partial charge is 0.376 e. The smallest absolute Gasteiger partial charge is 0.191 e. The van der Waals surface area contributed by atoms with E-state index >= 15 is 0 Å². The maximum Gasteiger partial charge on any atom is 0.191 e. The van der Waals surface area contributed by atoms with Crippen LogP contribution in [0.1, 0.15) is 44.7 Å². The number of guanidine groups is 1. The number of hydrogen-bond donors (Lipinski definition) is 2. The van der Waals surface area contributed by atoms with Crippen molar-refractivity contribution < 1.29 is 9.47 Å². The molecule has 1 aromatic carbocycles. The van der Waals surface area contributed by atoms with Crippen molar-refractivity contribution in [2.75, 3.05) is 20.2 Å². The van der Waals surface area contributed by atoms with Gasteiger partial charge >= 0.3 is 0 Å². The zero-order valence-electron chi connectivity index (χ0n) is 15.4. The lowest BCUT2D eigenvalue weighted by atomic mass is 10.1. The molecule has 0 bridgehead atoms. The fraction of sp³-hybridized carbons (Fsp3) is 0.632. The molecule has 1 atom stereocenters. The molecule has 1 aliphatic rings. The fourth-order valence-electron chi connectivity index (χ4n) is 2.55. The highest BCUT2D eigenvalue weighted by molar-refractivity contribution is 5.79. The van der Waals surface area contributed by atoms with Crippen LogP contribution in [0, 0.1) is 0 Å². The maximum absolute atomic E-state index is 5.84. The van der Waals surface area contributed by atoms with E-state index in [0.29, 0.717) is 12.7 Å². The van der Waals surface area contributed by atoms with Crippen molar-refractivity contribution in [1.29, 1.82) is 0 Å². The zero-order chi connectivity index (χ0) is 17.4. The Kier molecular flexibility index (Phi) is 7.06. The second-order valence-electron chi connectivity index (χ2n) is 7.16. The minimum atomic E-state index is -0.122. The van der Waals surface area contributed by atoms with Crippen LogP contribution in [0.15, 0.2) is 29.3 Å². The summed E-state index contributed by atoms with van der Waals surface area (Å²) in [4.78, 5) is 4.27. The van der Waals surface area contributed by atoms with Crippen molar-refractivity contribution >= 4 is 5.96 Å². The Bertz CT molecular complexity index is 532. The summed E-state index contributed by atoms with van der Waals surface area (Å²) in [5.74, 6) is 0.807. The molecule has 0 aromatic heterocycles. The molecule has 1 aliphatic heterocycles. The molecule has 24 heavy (non-hydrogen) atoms. The summed E-state index contributed by atoms with van der Waals surface area (Å²) >= 11 is 0. The van der Waals surface area contributed by atoms with Gasteiger partial charge in [0.1, 0.15) is 0 Å². The van der Waals surface area contributed by atoms with E-state index in [1.807, 2.05) is 0 Å². The number of hydrogen-bond acceptors (Lipinski definition) is 3. The Balaban J connectivity index is 1.79. The summed E-state index contributed by atoms with van der Waals surface area (Å²) in [5, 5.41) is 6.68. The van der Waals surface area contributed by atoms with E-state index in [1.165, 1.54) is 11.1 Å². The molecule has 134 valence electrons. The molecule has 1 unspecified atom stereocenters. The SMILES string of the molecule is CN=C(NCc1cccc(COC(C)(C)C)c1)NCC1CCCO1. The third kappa shape index (κ3) is 6.89. The first-order valence-corrected chi connectivity index (χ1v) is 8.74. The van der Waals surface area contributed by atoms with E-state index in [2.05, 4.69) is 60.7 Å². The van der Waals surface area contributed by atoms with Crippen LogP contribution in [0.5, 0.6) is 0 Å². The van der Waals surface area contributed by atoms with Gasteiger partial charge in [-0.1, -0.05) is 24.3 Å². The first kappa shape index (κ1) is 18.7. The van der Waals surface area contributed by atoms with Crippen LogP contribution >= 0.6 is 0 Å². The summed E-state index contributed by atoms with van der Waals surface area (Å²) in [6, 6.07) is 8.45. The van der Waals surface area contributed by atoms with E-state index < -0.39 is 0 Å². The number of ether oxygens (including phenoxy) is 2. The normalized spacial score (nSPS) is 18.7. The molecular weight excluding hydrogens is 302 g/mol. The van der Waals surface area contributed by atoms with Gasteiger partial charge in [-0.2, -0.15) is 0 Å². The number of rotatable bonds is 6. The fourth-order valence-corrected chi connectivity index (χ4v) is 2.55. The highest BCUT2D eigenvalue weighted by Gasteiger charge is 2.15. The van der Waals surface area contributed by atoms with Crippen LogP contribution in [-0.2, 0) is 22.6 Å². The topological polar surface area (TPSA) is 54.9 Å². The van der Waals surface area contributed by atoms with Crippen molar-refractivity contribution in [3.8, 4) is 0 Å². The third-order valence-electron chi connectivity index (χ3n) is 3.87. The predicted molar refractivity (Wildman–Crippen MR) is 98.2 cm³/mol. The number of nitrogens with zero attached hydrogens (tertiary/aromatic N) is 1. The maximum atomic E-state index is 5.84. The van der Waals surface area contributed by atoms with E-state index in [0.717, 1.165) is 38.5 Å². The standard InChI is InChI=1S/C19H31N3O2/c1-19(2,3)24-14-16-8-5-7-15(11-16)12-21-18(20-4)22-13-17-9-6-10-23-17/h5,7-8,11,17H,6,9-10,12-14H2,1-4H3,(H2,20,21,22). The highest BCUT2D eigenvalue weighted by atomic mass is 16.5. The van der Waals surface area contributed by atoms with Crippen LogP contribution < -0.4 is 10.6 Å². The van der Waals surface area contributed by atoms with Gasteiger partial charge in [0, 0.05) is 26.7 Å². The Morgan fingerprint density at radius 2 is 2.08 bits per heavy atom. The van der Waals surface area contributed by atoms with Crippen molar-refractivity contribution in [2.45, 2.75) is 58.5 Å². The van der Waals surface area contributed by atoms with Crippen molar-refractivity contribution in [1.82, 2.24) is 10.6 Å². The molecule has 0 radical (unpaired) electrons. The first-order chi connectivity index (χ1) is 11.5. The van der Waals surface area contributed by atoms with E-state index in [9.17, 15) is 0 Å². The lowest BCUT2D eigenvalue weighted by Gasteiger charge is -2.20. The van der Waals surface area contributed by atoms with Crippen molar-refractivity contribution in [3.63, 3.8) is 0 Å². The van der Waals surface area contributed by atoms with Crippen molar-refractivity contribution in [3.05, 3.63) is 35.4 Å². The van der Waals surface area contributed by atoms with Gasteiger partial charge in [-0.25, -0.2) is 0 Å². The predicted octanol–water partition coefficient (Wildman–Crippen LogP) is 2.85. The van der Waals surface area contributed by atoms with E-state index in [-0.39, 0.29) is 5.60 Å². The Hall–Kier alpha value is -1.59. The van der Waals surface area contributed by atoms with Gasteiger partial charge in [-0.15, -0.1) is 0 Å². The average Bonchev–Trinajstić information content (AvgIpc) is 3.06. The van der Waals surface area contributed by atoms with Gasteiger partial charge in [0.25, 0.3) is 0 Å². The van der Waals surface area contributed by atoms with Gasteiger partial charge in [-0.3, -0.25) is 4.99 Å². The Morgan fingerprint density at radius 1 is 1.29 bits per heavy atom. The van der Waals surface area contributed by atoms with Crippen LogP contribution in [-0.4, -0.2) is 37.9 Å². The molecule has 1 fully saturated rings. The minimum Gasteiger partial charge on any atom is -0.376 e. The molecule has 0 spiro atoms. The minimum absolute atomic E-state index is 0.122. The molecule has 0 aliphatic carbocycles. The monoisotopic (exact) mass is 333 g/mol. The van der Waals surface area contributed by atoms with Gasteiger partial charge in [0.2, 0.25) is 0 Å². The zero-order valence-corrected chi connectivity index (χ0v) is 15.4. The quantitative estimate of drug-likeness (QED) is 0.621.